The van der Waals surface area contributed by atoms with Crippen LogP contribution in [-0.2, 0) is 11.2 Å². The van der Waals surface area contributed by atoms with Crippen LogP contribution >= 0.6 is 23.2 Å². The highest BCUT2D eigenvalue weighted by atomic mass is 35.5. The molecule has 0 aromatic heterocycles. The molecule has 1 N–H and O–H groups in total. The minimum atomic E-state index is -0.519. The van der Waals surface area contributed by atoms with E-state index in [-0.39, 0.29) is 29.8 Å². The SMILES string of the molecule is O=C(Cc1c(Cl)cccc1Cl)NC1CCN(C(=O)c2ccccc2F)CC1. The number of nitrogens with zero attached hydrogens (tertiary/aromatic N) is 1. The number of likely N-dealkylation sites (tertiary alicyclic amines) is 1. The molecule has 0 aliphatic carbocycles. The molecule has 0 unspecified atom stereocenters. The molecule has 27 heavy (non-hydrogen) atoms. The fraction of sp³-hybridized carbons (Fsp3) is 0.300. The molecule has 2 aromatic carbocycles. The largest absolute Gasteiger partial charge is 0.353 e. The van der Waals surface area contributed by atoms with Crippen LogP contribution in [0.15, 0.2) is 42.5 Å². The van der Waals surface area contributed by atoms with Gasteiger partial charge in [-0.3, -0.25) is 9.59 Å². The van der Waals surface area contributed by atoms with Gasteiger partial charge in [-0.05, 0) is 42.7 Å². The molecule has 1 aliphatic rings. The molecular weight excluding hydrogens is 390 g/mol. The molecule has 4 nitrogen and oxygen atoms in total. The van der Waals surface area contributed by atoms with E-state index in [2.05, 4.69) is 5.32 Å². The second kappa shape index (κ2) is 8.72. The number of rotatable bonds is 4. The molecule has 142 valence electrons. The highest BCUT2D eigenvalue weighted by molar-refractivity contribution is 6.36. The third kappa shape index (κ3) is 4.79. The van der Waals surface area contributed by atoms with Crippen molar-refractivity contribution in [1.29, 1.82) is 0 Å². The van der Waals surface area contributed by atoms with Gasteiger partial charge in [0.15, 0.2) is 0 Å². The van der Waals surface area contributed by atoms with Crippen LogP contribution in [-0.4, -0.2) is 35.8 Å². The molecule has 3 rings (SSSR count). The predicted octanol–water partition coefficient (Wildman–Crippen LogP) is 4.10. The Bertz CT molecular complexity index is 831. The number of piperidine rings is 1. The van der Waals surface area contributed by atoms with Gasteiger partial charge in [0.05, 0.1) is 12.0 Å². The van der Waals surface area contributed by atoms with Crippen molar-refractivity contribution in [1.82, 2.24) is 10.2 Å². The summed E-state index contributed by atoms with van der Waals surface area (Å²) in [6, 6.07) is 11.0. The Morgan fingerprint density at radius 1 is 1.04 bits per heavy atom. The van der Waals surface area contributed by atoms with Gasteiger partial charge < -0.3 is 10.2 Å². The van der Waals surface area contributed by atoms with E-state index in [0.717, 1.165) is 0 Å². The Hall–Kier alpha value is -2.11. The quantitative estimate of drug-likeness (QED) is 0.827. The lowest BCUT2D eigenvalue weighted by molar-refractivity contribution is -0.121. The van der Waals surface area contributed by atoms with Crippen molar-refractivity contribution in [3.05, 3.63) is 69.5 Å². The average Bonchev–Trinajstić information content (AvgIpc) is 2.65. The van der Waals surface area contributed by atoms with E-state index in [1.807, 2.05) is 0 Å². The molecular formula is C20H19Cl2FN2O2. The standard InChI is InChI=1S/C20H19Cl2FN2O2/c21-16-5-3-6-17(22)15(16)12-19(26)24-13-8-10-25(11-9-13)20(27)14-4-1-2-7-18(14)23/h1-7,13H,8-12H2,(H,24,26). The Balaban J connectivity index is 1.53. The number of nitrogens with one attached hydrogen (secondary N) is 1. The van der Waals surface area contributed by atoms with Crippen LogP contribution in [0, 0.1) is 5.82 Å². The molecule has 7 heteroatoms. The number of carbonyl (C=O) groups is 2. The first kappa shape index (κ1) is 19.6. The van der Waals surface area contributed by atoms with Crippen LogP contribution in [0.1, 0.15) is 28.8 Å². The Kier molecular flexibility index (Phi) is 6.34. The van der Waals surface area contributed by atoms with E-state index in [9.17, 15) is 14.0 Å². The van der Waals surface area contributed by atoms with Crippen molar-refractivity contribution < 1.29 is 14.0 Å². The Morgan fingerprint density at radius 2 is 1.67 bits per heavy atom. The van der Waals surface area contributed by atoms with Gasteiger partial charge in [-0.25, -0.2) is 4.39 Å². The summed E-state index contributed by atoms with van der Waals surface area (Å²) < 4.78 is 13.8. The van der Waals surface area contributed by atoms with E-state index >= 15 is 0 Å². The number of halogens is 3. The van der Waals surface area contributed by atoms with E-state index in [1.165, 1.54) is 12.1 Å². The maximum atomic E-state index is 13.8. The summed E-state index contributed by atoms with van der Waals surface area (Å²) in [5.41, 5.74) is 0.679. The molecule has 1 heterocycles. The topological polar surface area (TPSA) is 49.4 Å². The smallest absolute Gasteiger partial charge is 0.256 e. The van der Waals surface area contributed by atoms with E-state index in [1.54, 1.807) is 35.2 Å². The highest BCUT2D eigenvalue weighted by Crippen LogP contribution is 2.25. The average molecular weight is 409 g/mol. The van der Waals surface area contributed by atoms with Crippen LogP contribution in [0.2, 0.25) is 10.0 Å². The lowest BCUT2D eigenvalue weighted by atomic mass is 10.0. The first-order chi connectivity index (χ1) is 13.0. The van der Waals surface area contributed by atoms with Crippen LogP contribution < -0.4 is 5.32 Å². The molecule has 0 radical (unpaired) electrons. The molecule has 1 aliphatic heterocycles. The maximum Gasteiger partial charge on any atom is 0.256 e. The number of hydrogen-bond donors (Lipinski definition) is 1. The van der Waals surface area contributed by atoms with Gasteiger partial charge in [0.2, 0.25) is 5.91 Å². The Morgan fingerprint density at radius 3 is 2.30 bits per heavy atom. The summed E-state index contributed by atoms with van der Waals surface area (Å²) in [6.45, 7) is 0.927. The number of amides is 2. The molecule has 1 fully saturated rings. The molecule has 0 saturated carbocycles. The Labute approximate surface area is 167 Å². The molecule has 0 atom stereocenters. The van der Waals surface area contributed by atoms with Gasteiger partial charge >= 0.3 is 0 Å². The van der Waals surface area contributed by atoms with Crippen molar-refractivity contribution in [2.24, 2.45) is 0 Å². The van der Waals surface area contributed by atoms with Crippen LogP contribution in [0.3, 0.4) is 0 Å². The monoisotopic (exact) mass is 408 g/mol. The molecule has 0 bridgehead atoms. The summed E-state index contributed by atoms with van der Waals surface area (Å²) in [5.74, 6) is -1.00. The number of hydrogen-bond acceptors (Lipinski definition) is 2. The summed E-state index contributed by atoms with van der Waals surface area (Å²) in [4.78, 5) is 26.4. The number of benzene rings is 2. The lowest BCUT2D eigenvalue weighted by Crippen LogP contribution is -2.47. The first-order valence-corrected chi connectivity index (χ1v) is 9.47. The molecule has 2 aromatic rings. The third-order valence-corrected chi connectivity index (χ3v) is 5.36. The summed E-state index contributed by atoms with van der Waals surface area (Å²) in [6.07, 6.45) is 1.33. The third-order valence-electron chi connectivity index (χ3n) is 4.65. The van der Waals surface area contributed by atoms with E-state index in [0.29, 0.717) is 41.5 Å². The lowest BCUT2D eigenvalue weighted by Gasteiger charge is -2.32. The minimum Gasteiger partial charge on any atom is -0.353 e. The second-order valence-corrected chi connectivity index (χ2v) is 7.31. The highest BCUT2D eigenvalue weighted by Gasteiger charge is 2.26. The van der Waals surface area contributed by atoms with Crippen molar-refractivity contribution >= 4 is 35.0 Å². The van der Waals surface area contributed by atoms with Gasteiger partial charge in [-0.2, -0.15) is 0 Å². The van der Waals surface area contributed by atoms with Crippen molar-refractivity contribution in [3.63, 3.8) is 0 Å². The fourth-order valence-electron chi connectivity index (χ4n) is 3.17. The predicted molar refractivity (Wildman–Crippen MR) is 104 cm³/mol. The van der Waals surface area contributed by atoms with Crippen LogP contribution in [0.4, 0.5) is 4.39 Å². The molecule has 2 amide bonds. The fourth-order valence-corrected chi connectivity index (χ4v) is 3.70. The summed E-state index contributed by atoms with van der Waals surface area (Å²) in [5, 5.41) is 3.89. The summed E-state index contributed by atoms with van der Waals surface area (Å²) in [7, 11) is 0. The van der Waals surface area contributed by atoms with Crippen LogP contribution in [0.5, 0.6) is 0 Å². The zero-order valence-electron chi connectivity index (χ0n) is 14.6. The van der Waals surface area contributed by atoms with Gasteiger partial charge in [0, 0.05) is 29.2 Å². The normalized spacial score (nSPS) is 14.9. The number of carbonyl (C=O) groups excluding carboxylic acids is 2. The first-order valence-electron chi connectivity index (χ1n) is 8.71. The molecule has 0 spiro atoms. The van der Waals surface area contributed by atoms with Gasteiger partial charge in [0.25, 0.3) is 5.91 Å². The van der Waals surface area contributed by atoms with E-state index in [4.69, 9.17) is 23.2 Å². The van der Waals surface area contributed by atoms with Gasteiger partial charge in [-0.1, -0.05) is 41.4 Å². The van der Waals surface area contributed by atoms with Crippen LogP contribution in [0.25, 0.3) is 0 Å². The van der Waals surface area contributed by atoms with E-state index < -0.39 is 5.82 Å². The maximum absolute atomic E-state index is 13.8. The molecule has 1 saturated heterocycles. The van der Waals surface area contributed by atoms with Gasteiger partial charge in [-0.15, -0.1) is 0 Å². The van der Waals surface area contributed by atoms with Crippen molar-refractivity contribution in [2.75, 3.05) is 13.1 Å². The van der Waals surface area contributed by atoms with Crippen molar-refractivity contribution in [3.8, 4) is 0 Å². The second-order valence-electron chi connectivity index (χ2n) is 6.49. The van der Waals surface area contributed by atoms with Gasteiger partial charge in [0.1, 0.15) is 5.82 Å². The minimum absolute atomic E-state index is 0.0385. The zero-order valence-corrected chi connectivity index (χ0v) is 16.1. The van der Waals surface area contributed by atoms with Crippen molar-refractivity contribution in [2.45, 2.75) is 25.3 Å². The summed E-state index contributed by atoms with van der Waals surface area (Å²) >= 11 is 12.2. The zero-order chi connectivity index (χ0) is 19.4.